The second kappa shape index (κ2) is 6.10. The monoisotopic (exact) mass is 360 g/mol. The van der Waals surface area contributed by atoms with Crippen LogP contribution < -0.4 is 4.90 Å². The second-order valence-electron chi connectivity index (χ2n) is 6.13. The van der Waals surface area contributed by atoms with Crippen LogP contribution in [0, 0.1) is 5.41 Å². The number of hydrogen-bond acceptors (Lipinski definition) is 5. The van der Waals surface area contributed by atoms with Crippen molar-refractivity contribution in [3.63, 3.8) is 0 Å². The van der Waals surface area contributed by atoms with E-state index in [0.29, 0.717) is 16.3 Å². The first-order valence-corrected chi connectivity index (χ1v) is 8.59. The van der Waals surface area contributed by atoms with Crippen LogP contribution >= 0.6 is 11.6 Å². The number of fused-ring (bicyclic) bond motifs is 1. The summed E-state index contributed by atoms with van der Waals surface area (Å²) >= 11 is 6.23. The molecule has 1 N–H and O–H groups in total. The Kier molecular flexibility index (Phi) is 4.70. The molecule has 0 aliphatic carbocycles. The highest BCUT2D eigenvalue weighted by Gasteiger charge is 2.34. The molecule has 2 rings (SSSR count). The molecule has 1 heterocycles. The van der Waals surface area contributed by atoms with Crippen LogP contribution in [0.1, 0.15) is 32.8 Å². The number of nitrogens with zero attached hydrogens (tertiary/aromatic N) is 2. The molecular formula is C14H17ClN2O5S. The number of amides is 1. The van der Waals surface area contributed by atoms with Crippen molar-refractivity contribution in [2.24, 2.45) is 10.6 Å². The van der Waals surface area contributed by atoms with Crippen LogP contribution in [0.2, 0.25) is 5.02 Å². The summed E-state index contributed by atoms with van der Waals surface area (Å²) < 4.78 is 34.1. The van der Waals surface area contributed by atoms with Gasteiger partial charge in [-0.1, -0.05) is 49.7 Å². The third kappa shape index (κ3) is 4.01. The Labute approximate surface area is 139 Å². The number of rotatable bonds is 2. The minimum absolute atomic E-state index is 0.110. The lowest BCUT2D eigenvalue weighted by Gasteiger charge is -2.34. The maximum atomic E-state index is 12.6. The Balaban J connectivity index is 2.51. The molecule has 7 nitrogen and oxygen atoms in total. The molecule has 9 heteroatoms. The summed E-state index contributed by atoms with van der Waals surface area (Å²) in [5, 5.41) is 3.82. The molecule has 126 valence electrons. The average Bonchev–Trinajstić information content (AvgIpc) is 2.42. The van der Waals surface area contributed by atoms with Gasteiger partial charge in [-0.05, 0) is 6.07 Å². The van der Waals surface area contributed by atoms with Gasteiger partial charge in [0, 0.05) is 23.9 Å². The van der Waals surface area contributed by atoms with E-state index in [1.165, 1.54) is 0 Å². The Morgan fingerprint density at radius 2 is 2.04 bits per heavy atom. The van der Waals surface area contributed by atoms with Gasteiger partial charge in [0.15, 0.2) is 0 Å². The molecule has 0 bridgehead atoms. The molecule has 0 aromatic heterocycles. The highest BCUT2D eigenvalue weighted by atomic mass is 35.5. The second-order valence-corrected chi connectivity index (χ2v) is 7.54. The molecule has 0 atom stereocenters. The zero-order valence-corrected chi connectivity index (χ0v) is 14.5. The highest BCUT2D eigenvalue weighted by Crippen LogP contribution is 2.37. The van der Waals surface area contributed by atoms with Gasteiger partial charge in [0.1, 0.15) is 0 Å². The number of hydrogen-bond donors (Lipinski definition) is 1. The van der Waals surface area contributed by atoms with E-state index in [9.17, 15) is 13.2 Å². The molecule has 0 radical (unpaired) electrons. The van der Waals surface area contributed by atoms with Gasteiger partial charge in [0.25, 0.3) is 0 Å². The quantitative estimate of drug-likeness (QED) is 0.646. The van der Waals surface area contributed by atoms with Gasteiger partial charge in [0.05, 0.1) is 16.4 Å². The third-order valence-corrected chi connectivity index (χ3v) is 3.84. The SMILES string of the molecule is CC(C)(C)C(=O)N1CC/C(=N\OS(=O)(=O)O)c2cccc(Cl)c21. The Morgan fingerprint density at radius 3 is 2.61 bits per heavy atom. The van der Waals surface area contributed by atoms with Gasteiger partial charge >= 0.3 is 10.4 Å². The van der Waals surface area contributed by atoms with Crippen molar-refractivity contribution in [1.29, 1.82) is 0 Å². The van der Waals surface area contributed by atoms with Crippen LogP contribution in [0.5, 0.6) is 0 Å². The molecule has 1 aliphatic rings. The zero-order valence-electron chi connectivity index (χ0n) is 12.9. The van der Waals surface area contributed by atoms with E-state index in [1.54, 1.807) is 43.9 Å². The first-order chi connectivity index (χ1) is 10.5. The number of oxime groups is 1. The molecule has 0 saturated carbocycles. The summed E-state index contributed by atoms with van der Waals surface area (Å²) in [6.07, 6.45) is 0.269. The fourth-order valence-corrected chi connectivity index (χ4v) is 2.74. The first kappa shape index (κ1) is 17.7. The van der Waals surface area contributed by atoms with E-state index >= 15 is 0 Å². The summed E-state index contributed by atoms with van der Waals surface area (Å²) in [5.74, 6) is -0.110. The first-order valence-electron chi connectivity index (χ1n) is 6.84. The molecule has 1 aromatic carbocycles. The molecule has 23 heavy (non-hydrogen) atoms. The summed E-state index contributed by atoms with van der Waals surface area (Å²) in [6.45, 7) is 5.69. The van der Waals surface area contributed by atoms with Crippen molar-refractivity contribution in [2.75, 3.05) is 11.4 Å². The summed E-state index contributed by atoms with van der Waals surface area (Å²) in [7, 11) is -4.69. The normalized spacial score (nSPS) is 17.1. The van der Waals surface area contributed by atoms with Crippen molar-refractivity contribution in [2.45, 2.75) is 27.2 Å². The fraction of sp³-hybridized carbons (Fsp3) is 0.429. The van der Waals surface area contributed by atoms with Crippen LogP contribution in [-0.4, -0.2) is 31.1 Å². The summed E-state index contributed by atoms with van der Waals surface area (Å²) in [6, 6.07) is 4.96. The standard InChI is InChI=1S/C14H17ClN2O5S/c1-14(2,3)13(18)17-8-7-11(16-22-23(19,20)21)9-5-4-6-10(15)12(9)17/h4-6H,7-8H2,1-3H3,(H,19,20,21)/b16-11+. The van der Waals surface area contributed by atoms with Gasteiger partial charge in [-0.3, -0.25) is 9.35 Å². The summed E-state index contributed by atoms with van der Waals surface area (Å²) in [4.78, 5) is 14.2. The lowest BCUT2D eigenvalue weighted by molar-refractivity contribution is -0.125. The number of carbonyl (C=O) groups excluding carboxylic acids is 1. The highest BCUT2D eigenvalue weighted by molar-refractivity contribution is 7.80. The van der Waals surface area contributed by atoms with Crippen molar-refractivity contribution in [1.82, 2.24) is 0 Å². The van der Waals surface area contributed by atoms with E-state index in [0.717, 1.165) is 0 Å². The molecule has 1 amide bonds. The van der Waals surface area contributed by atoms with E-state index in [4.69, 9.17) is 16.2 Å². The molecule has 0 spiro atoms. The Bertz CT molecular complexity index is 768. The predicted molar refractivity (Wildman–Crippen MR) is 87.0 cm³/mol. The van der Waals surface area contributed by atoms with Crippen LogP contribution in [0.25, 0.3) is 0 Å². The minimum atomic E-state index is -4.69. The number of halogens is 1. The summed E-state index contributed by atoms with van der Waals surface area (Å²) in [5.41, 5.74) is 0.636. The topological polar surface area (TPSA) is 96.3 Å². The Morgan fingerprint density at radius 1 is 1.39 bits per heavy atom. The number of anilines is 1. The fourth-order valence-electron chi connectivity index (χ4n) is 2.28. The van der Waals surface area contributed by atoms with Crippen molar-refractivity contribution in [3.8, 4) is 0 Å². The number of benzene rings is 1. The maximum Gasteiger partial charge on any atom is 0.466 e. The molecule has 0 unspecified atom stereocenters. The van der Waals surface area contributed by atoms with Crippen LogP contribution in [-0.2, 0) is 19.5 Å². The van der Waals surface area contributed by atoms with E-state index in [-0.39, 0.29) is 24.6 Å². The van der Waals surface area contributed by atoms with Crippen molar-refractivity contribution >= 4 is 39.3 Å². The lowest BCUT2D eigenvalue weighted by Crippen LogP contribution is -2.44. The van der Waals surface area contributed by atoms with E-state index < -0.39 is 15.8 Å². The smallest absolute Gasteiger partial charge is 0.309 e. The van der Waals surface area contributed by atoms with Crippen LogP contribution in [0.3, 0.4) is 0 Å². The molecule has 1 aromatic rings. The lowest BCUT2D eigenvalue weighted by atomic mass is 9.91. The van der Waals surface area contributed by atoms with Gasteiger partial charge in [-0.25, -0.2) is 4.28 Å². The van der Waals surface area contributed by atoms with Crippen LogP contribution in [0.4, 0.5) is 5.69 Å². The maximum absolute atomic E-state index is 12.6. The van der Waals surface area contributed by atoms with Gasteiger partial charge in [-0.15, -0.1) is 0 Å². The van der Waals surface area contributed by atoms with E-state index in [2.05, 4.69) is 9.44 Å². The molecule has 1 aliphatic heterocycles. The predicted octanol–water partition coefficient (Wildman–Crippen LogP) is 2.65. The van der Waals surface area contributed by atoms with Crippen LogP contribution in [0.15, 0.2) is 23.4 Å². The minimum Gasteiger partial charge on any atom is -0.309 e. The van der Waals surface area contributed by atoms with Gasteiger partial charge in [-0.2, -0.15) is 8.42 Å². The molecule has 0 saturated heterocycles. The Hall–Kier alpha value is -1.64. The van der Waals surface area contributed by atoms with Gasteiger partial charge < -0.3 is 4.90 Å². The largest absolute Gasteiger partial charge is 0.466 e. The molecular weight excluding hydrogens is 344 g/mol. The molecule has 0 fully saturated rings. The number of para-hydroxylation sites is 1. The van der Waals surface area contributed by atoms with E-state index in [1.807, 2.05) is 0 Å². The zero-order chi connectivity index (χ0) is 17.4. The van der Waals surface area contributed by atoms with Crippen molar-refractivity contribution < 1.29 is 22.0 Å². The third-order valence-electron chi connectivity index (χ3n) is 3.27. The van der Waals surface area contributed by atoms with Gasteiger partial charge in [0.2, 0.25) is 5.91 Å². The van der Waals surface area contributed by atoms with Crippen molar-refractivity contribution in [3.05, 3.63) is 28.8 Å². The average molecular weight is 361 g/mol. The number of carbonyl (C=O) groups is 1.